The van der Waals surface area contributed by atoms with Crippen molar-refractivity contribution < 1.29 is 18.7 Å². The van der Waals surface area contributed by atoms with Crippen LogP contribution in [-0.4, -0.2) is 17.6 Å². The van der Waals surface area contributed by atoms with Crippen LogP contribution < -0.4 is 5.32 Å². The largest absolute Gasteiger partial charge is 0.466 e. The van der Waals surface area contributed by atoms with E-state index in [0.717, 1.165) is 12.8 Å². The molecule has 0 aliphatic heterocycles. The molecule has 1 heterocycles. The van der Waals surface area contributed by atoms with E-state index in [9.17, 15) is 14.3 Å². The summed E-state index contributed by atoms with van der Waals surface area (Å²) in [7, 11) is 0. The predicted molar refractivity (Wildman–Crippen MR) is 87.8 cm³/mol. The summed E-state index contributed by atoms with van der Waals surface area (Å²) >= 11 is 0. The van der Waals surface area contributed by atoms with E-state index in [2.05, 4.69) is 5.32 Å². The summed E-state index contributed by atoms with van der Waals surface area (Å²) < 4.78 is 18.9. The highest BCUT2D eigenvalue weighted by atomic mass is 19.1. The van der Waals surface area contributed by atoms with Gasteiger partial charge in [0, 0.05) is 0 Å². The molecule has 1 aliphatic rings. The van der Waals surface area contributed by atoms with E-state index in [-0.39, 0.29) is 18.3 Å². The van der Waals surface area contributed by atoms with Crippen molar-refractivity contribution in [3.8, 4) is 0 Å². The average Bonchev–Trinajstić information content (AvgIpc) is 3.25. The molecule has 1 atom stereocenters. The minimum atomic E-state index is -1.29. The van der Waals surface area contributed by atoms with E-state index < -0.39 is 11.0 Å². The predicted octanol–water partition coefficient (Wildman–Crippen LogP) is 3.25. The minimum Gasteiger partial charge on any atom is -0.466 e. The zero-order valence-corrected chi connectivity index (χ0v) is 13.7. The molecule has 0 saturated heterocycles. The van der Waals surface area contributed by atoms with Gasteiger partial charge >= 0.3 is 0 Å². The maximum Gasteiger partial charge on any atom is 0.230 e. The van der Waals surface area contributed by atoms with Gasteiger partial charge in [-0.2, -0.15) is 0 Å². The number of amides is 1. The first kappa shape index (κ1) is 16.7. The molecule has 0 bridgehead atoms. The van der Waals surface area contributed by atoms with Crippen LogP contribution in [0.2, 0.25) is 0 Å². The van der Waals surface area contributed by atoms with Gasteiger partial charge in [0.15, 0.2) is 0 Å². The number of halogens is 1. The Kier molecular flexibility index (Phi) is 4.45. The van der Waals surface area contributed by atoms with Gasteiger partial charge in [-0.3, -0.25) is 4.79 Å². The van der Waals surface area contributed by atoms with Crippen LogP contribution in [0.4, 0.5) is 4.39 Å². The third-order valence-electron chi connectivity index (χ3n) is 4.91. The summed E-state index contributed by atoms with van der Waals surface area (Å²) in [4.78, 5) is 12.9. The van der Waals surface area contributed by atoms with Crippen LogP contribution >= 0.6 is 0 Å². The number of hydrogen-bond acceptors (Lipinski definition) is 3. The Hall–Kier alpha value is -2.14. The quantitative estimate of drug-likeness (QED) is 0.884. The molecule has 1 aromatic carbocycles. The lowest BCUT2D eigenvalue weighted by atomic mass is 9.78. The van der Waals surface area contributed by atoms with Gasteiger partial charge in [-0.05, 0) is 49.6 Å². The standard InChI is InChI=1S/C19H22FNO3/c1-18(23,16-8-5-11-24-16)13-21-17(22)19(9-2-3-10-19)14-6-4-7-15(20)12-14/h4-8,11-12,23H,2-3,9-10,13H2,1H3,(H,21,22). The molecule has 2 N–H and O–H groups in total. The van der Waals surface area contributed by atoms with Crippen molar-refractivity contribution in [2.75, 3.05) is 6.54 Å². The maximum absolute atomic E-state index is 13.6. The highest BCUT2D eigenvalue weighted by Gasteiger charge is 2.43. The first-order valence-electron chi connectivity index (χ1n) is 8.25. The summed E-state index contributed by atoms with van der Waals surface area (Å²) in [6.45, 7) is 1.63. The number of aliphatic hydroxyl groups is 1. The lowest BCUT2D eigenvalue weighted by Gasteiger charge is -2.30. The number of carbonyl (C=O) groups excluding carboxylic acids is 1. The number of carbonyl (C=O) groups is 1. The molecule has 1 aromatic heterocycles. The van der Waals surface area contributed by atoms with Gasteiger partial charge < -0.3 is 14.8 Å². The molecule has 0 radical (unpaired) electrons. The van der Waals surface area contributed by atoms with Crippen LogP contribution in [0.5, 0.6) is 0 Å². The third kappa shape index (κ3) is 3.08. The number of rotatable bonds is 5. The van der Waals surface area contributed by atoms with Crippen LogP contribution in [0.25, 0.3) is 0 Å². The molecule has 0 spiro atoms. The number of benzene rings is 1. The SMILES string of the molecule is CC(O)(CNC(=O)C1(c2cccc(F)c2)CCCC1)c1ccco1. The van der Waals surface area contributed by atoms with Gasteiger partial charge in [0.1, 0.15) is 17.2 Å². The van der Waals surface area contributed by atoms with E-state index in [4.69, 9.17) is 4.42 Å². The van der Waals surface area contributed by atoms with Crippen LogP contribution in [0.15, 0.2) is 47.1 Å². The molecule has 1 fully saturated rings. The first-order valence-corrected chi connectivity index (χ1v) is 8.25. The van der Waals surface area contributed by atoms with Gasteiger partial charge in [-0.1, -0.05) is 25.0 Å². The van der Waals surface area contributed by atoms with Crippen molar-refractivity contribution in [3.05, 3.63) is 59.8 Å². The highest BCUT2D eigenvalue weighted by molar-refractivity contribution is 5.88. The van der Waals surface area contributed by atoms with Gasteiger partial charge in [0.05, 0.1) is 18.2 Å². The zero-order chi connectivity index (χ0) is 17.2. The fourth-order valence-corrected chi connectivity index (χ4v) is 3.51. The topological polar surface area (TPSA) is 62.5 Å². The number of nitrogens with one attached hydrogen (secondary N) is 1. The van der Waals surface area contributed by atoms with Gasteiger partial charge in [0.25, 0.3) is 0 Å². The van der Waals surface area contributed by atoms with Gasteiger partial charge in [-0.15, -0.1) is 0 Å². The fraction of sp³-hybridized carbons (Fsp3) is 0.421. The van der Waals surface area contributed by atoms with Crippen molar-refractivity contribution in [2.24, 2.45) is 0 Å². The smallest absolute Gasteiger partial charge is 0.230 e. The van der Waals surface area contributed by atoms with Crippen LogP contribution in [-0.2, 0) is 15.8 Å². The molecule has 2 aromatic rings. The first-order chi connectivity index (χ1) is 11.4. The van der Waals surface area contributed by atoms with E-state index in [1.165, 1.54) is 18.4 Å². The van der Waals surface area contributed by atoms with Crippen molar-refractivity contribution in [2.45, 2.75) is 43.6 Å². The van der Waals surface area contributed by atoms with Crippen molar-refractivity contribution in [3.63, 3.8) is 0 Å². The fourth-order valence-electron chi connectivity index (χ4n) is 3.51. The minimum absolute atomic E-state index is 0.0381. The van der Waals surface area contributed by atoms with Crippen LogP contribution in [0, 0.1) is 5.82 Å². The summed E-state index contributed by atoms with van der Waals surface area (Å²) in [5.74, 6) is -0.111. The third-order valence-corrected chi connectivity index (χ3v) is 4.91. The molecule has 5 heteroatoms. The van der Waals surface area contributed by atoms with E-state index in [1.807, 2.05) is 0 Å². The highest BCUT2D eigenvalue weighted by Crippen LogP contribution is 2.41. The molecule has 3 rings (SSSR count). The average molecular weight is 331 g/mol. The Morgan fingerprint density at radius 1 is 1.33 bits per heavy atom. The zero-order valence-electron chi connectivity index (χ0n) is 13.7. The molecule has 4 nitrogen and oxygen atoms in total. The molecule has 1 saturated carbocycles. The Morgan fingerprint density at radius 2 is 2.08 bits per heavy atom. The summed E-state index contributed by atoms with van der Waals surface area (Å²) in [5.41, 5.74) is -1.31. The number of furan rings is 1. The monoisotopic (exact) mass is 331 g/mol. The second kappa shape index (κ2) is 6.40. The normalized spacial score (nSPS) is 19.0. The Morgan fingerprint density at radius 3 is 2.71 bits per heavy atom. The second-order valence-corrected chi connectivity index (χ2v) is 6.73. The lowest BCUT2D eigenvalue weighted by Crippen LogP contribution is -2.47. The summed E-state index contributed by atoms with van der Waals surface area (Å²) in [6, 6.07) is 9.62. The van der Waals surface area contributed by atoms with Crippen LogP contribution in [0.1, 0.15) is 43.9 Å². The Bertz CT molecular complexity index is 703. The second-order valence-electron chi connectivity index (χ2n) is 6.73. The molecule has 1 aliphatic carbocycles. The lowest BCUT2D eigenvalue weighted by molar-refractivity contribution is -0.128. The summed E-state index contributed by atoms with van der Waals surface area (Å²) in [5, 5.41) is 13.3. The Balaban J connectivity index is 1.78. The Labute approximate surface area is 140 Å². The molecular formula is C19H22FNO3. The van der Waals surface area contributed by atoms with E-state index in [0.29, 0.717) is 24.2 Å². The van der Waals surface area contributed by atoms with E-state index in [1.54, 1.807) is 31.2 Å². The molecule has 128 valence electrons. The van der Waals surface area contributed by atoms with Crippen molar-refractivity contribution in [1.29, 1.82) is 0 Å². The van der Waals surface area contributed by atoms with Gasteiger partial charge in [0.2, 0.25) is 5.91 Å². The molecule has 24 heavy (non-hydrogen) atoms. The van der Waals surface area contributed by atoms with Gasteiger partial charge in [-0.25, -0.2) is 4.39 Å². The van der Waals surface area contributed by atoms with Crippen LogP contribution in [0.3, 0.4) is 0 Å². The van der Waals surface area contributed by atoms with Crippen molar-refractivity contribution >= 4 is 5.91 Å². The summed E-state index contributed by atoms with van der Waals surface area (Å²) in [6.07, 6.45) is 4.71. The molecular weight excluding hydrogens is 309 g/mol. The molecule has 1 amide bonds. The van der Waals surface area contributed by atoms with Crippen molar-refractivity contribution in [1.82, 2.24) is 5.32 Å². The molecule has 1 unspecified atom stereocenters. The number of hydrogen-bond donors (Lipinski definition) is 2. The van der Waals surface area contributed by atoms with E-state index >= 15 is 0 Å². The maximum atomic E-state index is 13.6.